The Hall–Kier alpha value is -2.30. The number of nitrogens with zero attached hydrogens (tertiary/aromatic N) is 2. The fourth-order valence-electron chi connectivity index (χ4n) is 2.13. The summed E-state index contributed by atoms with van der Waals surface area (Å²) in [7, 11) is 1.59. The maximum absolute atomic E-state index is 5.85. The van der Waals surface area contributed by atoms with E-state index < -0.39 is 0 Å². The minimum atomic E-state index is 0.137. The Kier molecular flexibility index (Phi) is 3.18. The third-order valence-electron chi connectivity index (χ3n) is 3.08. The SMILES string of the molecule is COc1cc(NCC2Cc3ccccc3O2)ncn1. The minimum absolute atomic E-state index is 0.137. The first-order chi connectivity index (χ1) is 9.35. The average Bonchev–Trinajstić information content (AvgIpc) is 2.88. The lowest BCUT2D eigenvalue weighted by Gasteiger charge is -2.12. The Balaban J connectivity index is 1.59. The summed E-state index contributed by atoms with van der Waals surface area (Å²) in [6.07, 6.45) is 2.54. The van der Waals surface area contributed by atoms with Crippen molar-refractivity contribution in [3.8, 4) is 11.6 Å². The van der Waals surface area contributed by atoms with Gasteiger partial charge in [-0.1, -0.05) is 18.2 Å². The number of hydrogen-bond donors (Lipinski definition) is 1. The second-order valence-electron chi connectivity index (χ2n) is 4.38. The van der Waals surface area contributed by atoms with Gasteiger partial charge in [0.1, 0.15) is 24.0 Å². The molecule has 1 aromatic carbocycles. The van der Waals surface area contributed by atoms with E-state index in [4.69, 9.17) is 9.47 Å². The molecule has 3 rings (SSSR count). The van der Waals surface area contributed by atoms with Gasteiger partial charge < -0.3 is 14.8 Å². The van der Waals surface area contributed by atoms with Crippen LogP contribution in [-0.2, 0) is 6.42 Å². The lowest BCUT2D eigenvalue weighted by molar-refractivity contribution is 0.246. The predicted molar refractivity (Wildman–Crippen MR) is 71.6 cm³/mol. The minimum Gasteiger partial charge on any atom is -0.488 e. The second kappa shape index (κ2) is 5.14. The molecular formula is C14H15N3O2. The van der Waals surface area contributed by atoms with Gasteiger partial charge >= 0.3 is 0 Å². The standard InChI is InChI=1S/C14H15N3O2/c1-18-14-7-13(16-9-17-14)15-8-11-6-10-4-2-3-5-12(10)19-11/h2-5,7,9,11H,6,8H2,1H3,(H,15,16,17). The Labute approximate surface area is 111 Å². The van der Waals surface area contributed by atoms with Gasteiger partial charge in [0.2, 0.25) is 5.88 Å². The van der Waals surface area contributed by atoms with Crippen molar-refractivity contribution >= 4 is 5.82 Å². The molecule has 1 aliphatic heterocycles. The van der Waals surface area contributed by atoms with E-state index in [-0.39, 0.29) is 6.10 Å². The molecule has 1 N–H and O–H groups in total. The van der Waals surface area contributed by atoms with E-state index in [1.165, 1.54) is 11.9 Å². The molecule has 0 aliphatic carbocycles. The van der Waals surface area contributed by atoms with Crippen LogP contribution in [0.15, 0.2) is 36.7 Å². The summed E-state index contributed by atoms with van der Waals surface area (Å²) in [6.45, 7) is 0.703. The van der Waals surface area contributed by atoms with E-state index in [1.807, 2.05) is 18.2 Å². The summed E-state index contributed by atoms with van der Waals surface area (Å²) in [6, 6.07) is 9.89. The highest BCUT2D eigenvalue weighted by molar-refractivity contribution is 5.40. The summed E-state index contributed by atoms with van der Waals surface area (Å²) >= 11 is 0. The number of hydrogen-bond acceptors (Lipinski definition) is 5. The molecule has 2 aromatic rings. The molecule has 5 heteroatoms. The van der Waals surface area contributed by atoms with Gasteiger partial charge in [-0.25, -0.2) is 9.97 Å². The summed E-state index contributed by atoms with van der Waals surface area (Å²) < 4.78 is 10.9. The Morgan fingerprint density at radius 3 is 3.11 bits per heavy atom. The fraction of sp³-hybridized carbons (Fsp3) is 0.286. The number of ether oxygens (including phenoxy) is 2. The zero-order chi connectivity index (χ0) is 13.1. The topological polar surface area (TPSA) is 56.3 Å². The second-order valence-corrected chi connectivity index (χ2v) is 4.38. The van der Waals surface area contributed by atoms with Crippen LogP contribution in [0.1, 0.15) is 5.56 Å². The summed E-state index contributed by atoms with van der Waals surface area (Å²) in [5.41, 5.74) is 1.26. The van der Waals surface area contributed by atoms with Gasteiger partial charge in [0.25, 0.3) is 0 Å². The maximum atomic E-state index is 5.85. The molecule has 0 amide bonds. The van der Waals surface area contributed by atoms with Crippen LogP contribution in [0, 0.1) is 0 Å². The van der Waals surface area contributed by atoms with Crippen molar-refractivity contribution in [3.05, 3.63) is 42.2 Å². The fourth-order valence-corrected chi connectivity index (χ4v) is 2.13. The van der Waals surface area contributed by atoms with E-state index in [0.29, 0.717) is 12.4 Å². The first-order valence-electron chi connectivity index (χ1n) is 6.19. The molecule has 1 atom stereocenters. The molecule has 0 radical (unpaired) electrons. The number of methoxy groups -OCH3 is 1. The highest BCUT2D eigenvalue weighted by Gasteiger charge is 2.21. The number of anilines is 1. The summed E-state index contributed by atoms with van der Waals surface area (Å²) in [4.78, 5) is 8.11. The number of rotatable bonds is 4. The third-order valence-corrected chi connectivity index (χ3v) is 3.08. The van der Waals surface area contributed by atoms with Crippen molar-refractivity contribution in [1.82, 2.24) is 9.97 Å². The molecule has 0 bridgehead atoms. The van der Waals surface area contributed by atoms with Crippen molar-refractivity contribution < 1.29 is 9.47 Å². The molecule has 1 aromatic heterocycles. The Bertz CT molecular complexity index is 549. The van der Waals surface area contributed by atoms with Gasteiger partial charge in [0.05, 0.1) is 13.7 Å². The van der Waals surface area contributed by atoms with Gasteiger partial charge in [-0.05, 0) is 11.6 Å². The first-order valence-corrected chi connectivity index (χ1v) is 6.19. The van der Waals surface area contributed by atoms with E-state index in [9.17, 15) is 0 Å². The molecule has 5 nitrogen and oxygen atoms in total. The van der Waals surface area contributed by atoms with E-state index >= 15 is 0 Å². The molecule has 98 valence electrons. The van der Waals surface area contributed by atoms with Crippen LogP contribution >= 0.6 is 0 Å². The lowest BCUT2D eigenvalue weighted by Crippen LogP contribution is -2.24. The van der Waals surface area contributed by atoms with Crippen LogP contribution in [0.4, 0.5) is 5.82 Å². The van der Waals surface area contributed by atoms with Gasteiger partial charge in [-0.3, -0.25) is 0 Å². The molecule has 2 heterocycles. The maximum Gasteiger partial charge on any atom is 0.218 e. The number of aromatic nitrogens is 2. The monoisotopic (exact) mass is 257 g/mol. The molecule has 0 spiro atoms. The van der Waals surface area contributed by atoms with Crippen LogP contribution in [0.3, 0.4) is 0 Å². The van der Waals surface area contributed by atoms with Crippen molar-refractivity contribution in [2.75, 3.05) is 19.0 Å². The van der Waals surface area contributed by atoms with Crippen LogP contribution in [0.25, 0.3) is 0 Å². The van der Waals surface area contributed by atoms with E-state index in [0.717, 1.165) is 18.0 Å². The van der Waals surface area contributed by atoms with Crippen LogP contribution in [0.5, 0.6) is 11.6 Å². The van der Waals surface area contributed by atoms with Crippen LogP contribution < -0.4 is 14.8 Å². The molecule has 1 aliphatic rings. The van der Waals surface area contributed by atoms with Crippen molar-refractivity contribution in [3.63, 3.8) is 0 Å². The number of para-hydroxylation sites is 1. The molecular weight excluding hydrogens is 242 g/mol. The largest absolute Gasteiger partial charge is 0.488 e. The quantitative estimate of drug-likeness (QED) is 0.906. The van der Waals surface area contributed by atoms with Gasteiger partial charge in [0.15, 0.2) is 0 Å². The van der Waals surface area contributed by atoms with E-state index in [1.54, 1.807) is 13.2 Å². The average molecular weight is 257 g/mol. The van der Waals surface area contributed by atoms with Crippen LogP contribution in [-0.4, -0.2) is 29.7 Å². The highest BCUT2D eigenvalue weighted by atomic mass is 16.5. The molecule has 1 unspecified atom stereocenters. The summed E-state index contributed by atoms with van der Waals surface area (Å²) in [5.74, 6) is 2.27. The zero-order valence-electron chi connectivity index (χ0n) is 10.7. The highest BCUT2D eigenvalue weighted by Crippen LogP contribution is 2.28. The number of fused-ring (bicyclic) bond motifs is 1. The Morgan fingerprint density at radius 2 is 2.26 bits per heavy atom. The third kappa shape index (κ3) is 2.59. The predicted octanol–water partition coefficient (Wildman–Crippen LogP) is 1.90. The first kappa shape index (κ1) is 11.8. The normalized spacial score (nSPS) is 16.6. The molecule has 19 heavy (non-hydrogen) atoms. The van der Waals surface area contributed by atoms with Crippen molar-refractivity contribution in [2.45, 2.75) is 12.5 Å². The number of benzene rings is 1. The molecule has 0 saturated carbocycles. The van der Waals surface area contributed by atoms with Crippen molar-refractivity contribution in [2.24, 2.45) is 0 Å². The smallest absolute Gasteiger partial charge is 0.218 e. The van der Waals surface area contributed by atoms with Crippen molar-refractivity contribution in [1.29, 1.82) is 0 Å². The van der Waals surface area contributed by atoms with Gasteiger partial charge in [0, 0.05) is 12.5 Å². The zero-order valence-corrected chi connectivity index (χ0v) is 10.7. The summed E-state index contributed by atoms with van der Waals surface area (Å²) in [5, 5.41) is 3.24. The lowest BCUT2D eigenvalue weighted by atomic mass is 10.1. The van der Waals surface area contributed by atoms with Crippen LogP contribution in [0.2, 0.25) is 0 Å². The number of nitrogens with one attached hydrogen (secondary N) is 1. The van der Waals surface area contributed by atoms with E-state index in [2.05, 4.69) is 21.4 Å². The van der Waals surface area contributed by atoms with Gasteiger partial charge in [-0.15, -0.1) is 0 Å². The molecule has 0 saturated heterocycles. The van der Waals surface area contributed by atoms with Gasteiger partial charge in [-0.2, -0.15) is 0 Å². The Morgan fingerprint density at radius 1 is 1.37 bits per heavy atom. The molecule has 0 fully saturated rings.